The van der Waals surface area contributed by atoms with Gasteiger partial charge in [0.05, 0.1) is 25.4 Å². The highest BCUT2D eigenvalue weighted by molar-refractivity contribution is 5.94. The molecule has 0 unspecified atom stereocenters. The average molecular weight is 560 g/mol. The smallest absolute Gasteiger partial charge is 0.229 e. The number of amides is 1. The third-order valence-electron chi connectivity index (χ3n) is 7.74. The van der Waals surface area contributed by atoms with Crippen LogP contribution < -0.4 is 15.0 Å². The van der Waals surface area contributed by atoms with E-state index < -0.39 is 6.10 Å². The average Bonchev–Trinajstić information content (AvgIpc) is 2.89. The van der Waals surface area contributed by atoms with E-state index in [-0.39, 0.29) is 30.3 Å². The molecule has 0 radical (unpaired) electrons. The van der Waals surface area contributed by atoms with E-state index in [2.05, 4.69) is 42.3 Å². The summed E-state index contributed by atoms with van der Waals surface area (Å²) in [5.74, 6) is 1.06. The third kappa shape index (κ3) is 9.19. The zero-order chi connectivity index (χ0) is 27.1. The van der Waals surface area contributed by atoms with Gasteiger partial charge in [-0.2, -0.15) is 0 Å². The molecule has 1 saturated carbocycles. The molecule has 2 N–H and O–H groups in total. The Morgan fingerprint density at radius 1 is 1.18 bits per heavy atom. The largest absolute Gasteiger partial charge is 0.490 e. The Kier molecular flexibility index (Phi) is 12.1. The van der Waals surface area contributed by atoms with Gasteiger partial charge in [-0.15, -0.1) is 12.4 Å². The fourth-order valence-electron chi connectivity index (χ4n) is 5.54. The van der Waals surface area contributed by atoms with Gasteiger partial charge in [-0.05, 0) is 87.4 Å². The van der Waals surface area contributed by atoms with E-state index in [9.17, 15) is 9.90 Å². The second-order valence-electron chi connectivity index (χ2n) is 11.2. The highest BCUT2D eigenvalue weighted by Crippen LogP contribution is 2.31. The summed E-state index contributed by atoms with van der Waals surface area (Å²) in [5.41, 5.74) is 4.57. The lowest BCUT2D eigenvalue weighted by Gasteiger charge is -2.32. The van der Waals surface area contributed by atoms with Crippen LogP contribution in [0.2, 0.25) is 0 Å². The predicted molar refractivity (Wildman–Crippen MR) is 159 cm³/mol. The van der Waals surface area contributed by atoms with Crippen molar-refractivity contribution < 1.29 is 19.4 Å². The van der Waals surface area contributed by atoms with E-state index in [1.54, 1.807) is 6.92 Å². The van der Waals surface area contributed by atoms with E-state index in [0.29, 0.717) is 19.3 Å². The van der Waals surface area contributed by atoms with Crippen molar-refractivity contribution in [2.24, 2.45) is 5.92 Å². The molecule has 0 aromatic heterocycles. The number of rotatable bonds is 10. The number of piperazine rings is 1. The van der Waals surface area contributed by atoms with Crippen LogP contribution in [0.25, 0.3) is 0 Å². The lowest BCUT2D eigenvalue weighted by Crippen LogP contribution is -2.48. The topological polar surface area (TPSA) is 74.3 Å². The second-order valence-corrected chi connectivity index (χ2v) is 11.2. The number of carbonyl (C=O) groups excluding carboxylic acids is 1. The molecule has 1 amide bonds. The molecular weight excluding hydrogens is 514 g/mol. The van der Waals surface area contributed by atoms with Crippen molar-refractivity contribution in [2.45, 2.75) is 77.9 Å². The number of aliphatic hydroxyl groups excluding tert-OH is 1. The van der Waals surface area contributed by atoms with Crippen molar-refractivity contribution in [2.75, 3.05) is 38.2 Å². The van der Waals surface area contributed by atoms with E-state index in [1.165, 1.54) is 11.1 Å². The number of ether oxygens (including phenoxy) is 2. The molecule has 2 aliphatic rings. The van der Waals surface area contributed by atoms with E-state index in [4.69, 9.17) is 9.47 Å². The molecule has 2 aromatic carbocycles. The Balaban J connectivity index is 0.00000420. The van der Waals surface area contributed by atoms with Crippen LogP contribution >= 0.6 is 12.4 Å². The summed E-state index contributed by atoms with van der Waals surface area (Å²) in [6, 6.07) is 14.9. The Bertz CT molecular complexity index is 1060. The monoisotopic (exact) mass is 559 g/mol. The van der Waals surface area contributed by atoms with Gasteiger partial charge in [-0.25, -0.2) is 0 Å². The fourth-order valence-corrected chi connectivity index (χ4v) is 5.54. The zero-order valence-corrected chi connectivity index (χ0v) is 24.7. The SMILES string of the molecule is Cc1cc(N(C)C(=O)[C@H]2CC[C@H](Oc3cccc(COC[C@@H](C)O)c3)CC2)ccc1CN1CCN[C@@H](C)C1.Cl. The molecule has 7 nitrogen and oxygen atoms in total. The van der Waals surface area contributed by atoms with Gasteiger partial charge in [0.15, 0.2) is 0 Å². The van der Waals surface area contributed by atoms with Crippen LogP contribution in [0.15, 0.2) is 42.5 Å². The number of hydrogen-bond acceptors (Lipinski definition) is 6. The second kappa shape index (κ2) is 15.0. The molecular formula is C31H46ClN3O4. The van der Waals surface area contributed by atoms with Gasteiger partial charge in [0.1, 0.15) is 5.75 Å². The zero-order valence-electron chi connectivity index (χ0n) is 23.9. The van der Waals surface area contributed by atoms with Crippen LogP contribution in [0, 0.1) is 12.8 Å². The number of carbonyl (C=O) groups is 1. The van der Waals surface area contributed by atoms with Crippen molar-refractivity contribution in [3.8, 4) is 5.75 Å². The number of nitrogens with zero attached hydrogens (tertiary/aromatic N) is 2. The maximum Gasteiger partial charge on any atom is 0.229 e. The maximum atomic E-state index is 13.3. The molecule has 1 aliphatic carbocycles. The standard InChI is InChI=1S/C31H45N3O4.ClH/c1-22-16-28(11-8-27(22)19-34-15-14-32-23(2)18-34)33(4)31(36)26-9-12-29(13-10-26)38-30-7-5-6-25(17-30)21-37-20-24(3)35;/h5-8,11,16-17,23-24,26,29,32,35H,9-10,12-15,18-21H2,1-4H3;1H/t23-,24+,26-,29-;/m0./s1. The summed E-state index contributed by atoms with van der Waals surface area (Å²) in [7, 11) is 1.91. The van der Waals surface area contributed by atoms with Gasteiger partial charge in [-0.3, -0.25) is 9.69 Å². The van der Waals surface area contributed by atoms with Gasteiger partial charge >= 0.3 is 0 Å². The first-order chi connectivity index (χ1) is 18.3. The number of aryl methyl sites for hydroxylation is 1. The van der Waals surface area contributed by atoms with Crippen LogP contribution in [0.5, 0.6) is 5.75 Å². The van der Waals surface area contributed by atoms with E-state index in [1.807, 2.05) is 36.2 Å². The minimum Gasteiger partial charge on any atom is -0.490 e. The van der Waals surface area contributed by atoms with E-state index in [0.717, 1.165) is 68.9 Å². The van der Waals surface area contributed by atoms with Crippen LogP contribution in [-0.2, 0) is 22.7 Å². The highest BCUT2D eigenvalue weighted by Gasteiger charge is 2.30. The van der Waals surface area contributed by atoms with Crippen LogP contribution in [0.1, 0.15) is 56.2 Å². The van der Waals surface area contributed by atoms with E-state index >= 15 is 0 Å². The maximum absolute atomic E-state index is 13.3. The number of halogens is 1. The molecule has 4 rings (SSSR count). The molecule has 2 aromatic rings. The molecule has 1 heterocycles. The summed E-state index contributed by atoms with van der Waals surface area (Å²) in [5, 5.41) is 12.9. The minimum absolute atomic E-state index is 0. The number of nitrogens with one attached hydrogen (secondary N) is 1. The van der Waals surface area contributed by atoms with Crippen LogP contribution in [-0.4, -0.2) is 67.5 Å². The summed E-state index contributed by atoms with van der Waals surface area (Å²) in [4.78, 5) is 17.7. The molecule has 39 heavy (non-hydrogen) atoms. The molecule has 0 spiro atoms. The van der Waals surface area contributed by atoms with Gasteiger partial charge in [-0.1, -0.05) is 18.2 Å². The highest BCUT2D eigenvalue weighted by atomic mass is 35.5. The Morgan fingerprint density at radius 3 is 2.64 bits per heavy atom. The molecule has 1 saturated heterocycles. The number of anilines is 1. The Hall–Kier alpha value is -2.16. The summed E-state index contributed by atoms with van der Waals surface area (Å²) in [6.07, 6.45) is 3.06. The minimum atomic E-state index is -0.471. The normalized spacial score (nSPS) is 22.5. The first-order valence-corrected chi connectivity index (χ1v) is 14.1. The summed E-state index contributed by atoms with van der Waals surface area (Å²) < 4.78 is 11.8. The molecule has 0 bridgehead atoms. The quantitative estimate of drug-likeness (QED) is 0.439. The molecule has 1 aliphatic heterocycles. The Morgan fingerprint density at radius 2 is 1.95 bits per heavy atom. The summed E-state index contributed by atoms with van der Waals surface area (Å²) >= 11 is 0. The van der Waals surface area contributed by atoms with Gasteiger partial charge in [0, 0.05) is 50.9 Å². The predicted octanol–water partition coefficient (Wildman–Crippen LogP) is 4.71. The van der Waals surface area contributed by atoms with Gasteiger partial charge < -0.3 is 24.8 Å². The van der Waals surface area contributed by atoms with Crippen molar-refractivity contribution in [1.82, 2.24) is 10.2 Å². The van der Waals surface area contributed by atoms with Crippen molar-refractivity contribution >= 4 is 24.0 Å². The molecule has 216 valence electrons. The van der Waals surface area contributed by atoms with Crippen molar-refractivity contribution in [3.05, 3.63) is 59.2 Å². The van der Waals surface area contributed by atoms with Crippen molar-refractivity contribution in [1.29, 1.82) is 0 Å². The first kappa shape index (κ1) is 31.4. The Labute approximate surface area is 240 Å². The molecule has 8 heteroatoms. The van der Waals surface area contributed by atoms with Crippen LogP contribution in [0.4, 0.5) is 5.69 Å². The summed E-state index contributed by atoms with van der Waals surface area (Å²) in [6.45, 7) is 11.0. The van der Waals surface area contributed by atoms with Gasteiger partial charge in [0.25, 0.3) is 0 Å². The first-order valence-electron chi connectivity index (χ1n) is 14.1. The molecule has 2 atom stereocenters. The lowest BCUT2D eigenvalue weighted by atomic mass is 9.86. The number of hydrogen-bond donors (Lipinski definition) is 2. The fraction of sp³-hybridized carbons (Fsp3) is 0.581. The van der Waals surface area contributed by atoms with Crippen LogP contribution in [0.3, 0.4) is 0 Å². The van der Waals surface area contributed by atoms with Gasteiger partial charge in [0.2, 0.25) is 5.91 Å². The third-order valence-corrected chi connectivity index (χ3v) is 7.74. The number of aliphatic hydroxyl groups is 1. The molecule has 2 fully saturated rings. The lowest BCUT2D eigenvalue weighted by molar-refractivity contribution is -0.123. The van der Waals surface area contributed by atoms with Crippen molar-refractivity contribution in [3.63, 3.8) is 0 Å². The number of benzene rings is 2.